The number of rotatable bonds is 6. The number of hydrogen-bond donors (Lipinski definition) is 0. The van der Waals surface area contributed by atoms with Crippen molar-refractivity contribution in [3.63, 3.8) is 0 Å². The minimum atomic E-state index is -0.815. The lowest BCUT2D eigenvalue weighted by molar-refractivity contribution is -0.136. The van der Waals surface area contributed by atoms with Crippen molar-refractivity contribution in [2.45, 2.75) is 37.6 Å². The molecule has 8 heteroatoms. The number of nitrogens with zero attached hydrogens (tertiary/aromatic N) is 3. The second kappa shape index (κ2) is 10.0. The molecule has 2 aromatic rings. The lowest BCUT2D eigenvalue weighted by atomic mass is 9.81. The monoisotopic (exact) mass is 489 g/mol. The van der Waals surface area contributed by atoms with Gasteiger partial charge >= 0.3 is 6.03 Å². The SMILES string of the molecule is CN1C(=O)N(CC(=O)N(C/C=C/c2ccccc2)c2ccc3c(c2)OCCO3)C(=O)C12CCCCC2. The Labute approximate surface area is 211 Å². The molecule has 8 nitrogen and oxygen atoms in total. The van der Waals surface area contributed by atoms with Gasteiger partial charge in [-0.25, -0.2) is 4.79 Å². The Morgan fingerprint density at radius 3 is 2.47 bits per heavy atom. The predicted molar refractivity (Wildman–Crippen MR) is 136 cm³/mol. The van der Waals surface area contributed by atoms with Gasteiger partial charge in [0.05, 0.1) is 0 Å². The number of fused-ring (bicyclic) bond motifs is 1. The molecule has 188 valence electrons. The van der Waals surface area contributed by atoms with Crippen LogP contribution in [-0.4, -0.2) is 66.5 Å². The second-order valence-corrected chi connectivity index (χ2v) is 9.47. The van der Waals surface area contributed by atoms with Gasteiger partial charge in [-0.3, -0.25) is 14.5 Å². The highest BCUT2D eigenvalue weighted by Crippen LogP contribution is 2.39. The number of likely N-dealkylation sites (N-methyl/N-ethyl adjacent to an activating group) is 1. The summed E-state index contributed by atoms with van der Waals surface area (Å²) in [5.41, 5.74) is 0.810. The van der Waals surface area contributed by atoms with E-state index in [1.807, 2.05) is 42.5 Å². The molecular weight excluding hydrogens is 458 g/mol. The van der Waals surface area contributed by atoms with Gasteiger partial charge in [0.1, 0.15) is 25.3 Å². The molecule has 1 aliphatic carbocycles. The molecular formula is C28H31N3O5. The normalized spacial score (nSPS) is 18.8. The first-order valence-electron chi connectivity index (χ1n) is 12.5. The predicted octanol–water partition coefficient (Wildman–Crippen LogP) is 4.10. The fraction of sp³-hybridized carbons (Fsp3) is 0.393. The van der Waals surface area contributed by atoms with Crippen molar-refractivity contribution in [1.82, 2.24) is 9.80 Å². The number of carbonyl (C=O) groups excluding carboxylic acids is 3. The number of ether oxygens (including phenoxy) is 2. The fourth-order valence-electron chi connectivity index (χ4n) is 5.30. The Hall–Kier alpha value is -3.81. The van der Waals surface area contributed by atoms with Crippen molar-refractivity contribution < 1.29 is 23.9 Å². The van der Waals surface area contributed by atoms with Crippen LogP contribution in [-0.2, 0) is 9.59 Å². The number of anilines is 1. The van der Waals surface area contributed by atoms with Gasteiger partial charge in [0.2, 0.25) is 5.91 Å². The molecule has 0 radical (unpaired) electrons. The van der Waals surface area contributed by atoms with Gasteiger partial charge in [0, 0.05) is 25.3 Å². The first-order valence-corrected chi connectivity index (χ1v) is 12.5. The van der Waals surface area contributed by atoms with Crippen LogP contribution in [0.3, 0.4) is 0 Å². The number of hydrogen-bond acceptors (Lipinski definition) is 5. The van der Waals surface area contributed by atoms with Crippen molar-refractivity contribution in [2.75, 3.05) is 38.3 Å². The van der Waals surface area contributed by atoms with Crippen LogP contribution in [0.5, 0.6) is 11.5 Å². The fourth-order valence-corrected chi connectivity index (χ4v) is 5.30. The maximum absolute atomic E-state index is 13.6. The van der Waals surface area contributed by atoms with E-state index >= 15 is 0 Å². The summed E-state index contributed by atoms with van der Waals surface area (Å²) in [4.78, 5) is 44.4. The number of imide groups is 1. The van der Waals surface area contributed by atoms with E-state index in [1.54, 1.807) is 35.0 Å². The van der Waals surface area contributed by atoms with Gasteiger partial charge in [0.15, 0.2) is 11.5 Å². The summed E-state index contributed by atoms with van der Waals surface area (Å²) in [6.07, 6.45) is 7.98. The summed E-state index contributed by atoms with van der Waals surface area (Å²) in [6, 6.07) is 14.7. The van der Waals surface area contributed by atoms with Gasteiger partial charge in [0.25, 0.3) is 5.91 Å². The van der Waals surface area contributed by atoms with E-state index in [1.165, 1.54) is 0 Å². The van der Waals surface area contributed by atoms with Crippen molar-refractivity contribution in [3.05, 3.63) is 60.2 Å². The van der Waals surface area contributed by atoms with Crippen molar-refractivity contribution in [1.29, 1.82) is 0 Å². The summed E-state index contributed by atoms with van der Waals surface area (Å²) in [6.45, 7) is 0.870. The van der Waals surface area contributed by atoms with Gasteiger partial charge in [-0.05, 0) is 30.5 Å². The topological polar surface area (TPSA) is 79.4 Å². The Morgan fingerprint density at radius 1 is 1.00 bits per heavy atom. The van der Waals surface area contributed by atoms with Gasteiger partial charge in [-0.15, -0.1) is 0 Å². The summed E-state index contributed by atoms with van der Waals surface area (Å²) in [7, 11) is 1.68. The molecule has 3 aliphatic rings. The van der Waals surface area contributed by atoms with Crippen LogP contribution in [0.15, 0.2) is 54.6 Å². The van der Waals surface area contributed by atoms with E-state index in [-0.39, 0.29) is 24.9 Å². The average molecular weight is 490 g/mol. The van der Waals surface area contributed by atoms with Crippen LogP contribution in [0.2, 0.25) is 0 Å². The van der Waals surface area contributed by atoms with Crippen LogP contribution in [0.1, 0.15) is 37.7 Å². The standard InChI is InChI=1S/C28H31N3O5/c1-29-27(34)31(26(33)28(29)14-6-3-7-15-28)20-25(32)30(16-8-11-21-9-4-2-5-10-21)22-12-13-23-24(19-22)36-18-17-35-23/h2,4-5,8-13,19H,3,6-7,14-18,20H2,1H3/b11-8+. The molecule has 2 fully saturated rings. The van der Waals surface area contributed by atoms with E-state index in [2.05, 4.69) is 0 Å². The van der Waals surface area contributed by atoms with E-state index in [0.717, 1.165) is 29.7 Å². The third kappa shape index (κ3) is 4.43. The summed E-state index contributed by atoms with van der Waals surface area (Å²) in [5, 5.41) is 0. The smallest absolute Gasteiger partial charge is 0.327 e. The molecule has 36 heavy (non-hydrogen) atoms. The van der Waals surface area contributed by atoms with Crippen LogP contribution in [0.4, 0.5) is 10.5 Å². The lowest BCUT2D eigenvalue weighted by Gasteiger charge is -2.35. The minimum Gasteiger partial charge on any atom is -0.486 e. The third-order valence-corrected chi connectivity index (χ3v) is 7.31. The largest absolute Gasteiger partial charge is 0.486 e. The molecule has 1 spiro atoms. The zero-order chi connectivity index (χ0) is 25.1. The Balaban J connectivity index is 1.39. The highest BCUT2D eigenvalue weighted by molar-refractivity contribution is 6.10. The Bertz CT molecular complexity index is 1170. The van der Waals surface area contributed by atoms with Crippen LogP contribution >= 0.6 is 0 Å². The zero-order valence-electron chi connectivity index (χ0n) is 20.5. The number of carbonyl (C=O) groups is 3. The zero-order valence-corrected chi connectivity index (χ0v) is 20.5. The van der Waals surface area contributed by atoms with E-state index in [0.29, 0.717) is 43.2 Å². The first-order chi connectivity index (χ1) is 17.5. The average Bonchev–Trinajstić information content (AvgIpc) is 3.08. The highest BCUT2D eigenvalue weighted by Gasteiger charge is 2.56. The minimum absolute atomic E-state index is 0.259. The van der Waals surface area contributed by atoms with E-state index in [4.69, 9.17) is 9.47 Å². The van der Waals surface area contributed by atoms with Gasteiger partial charge < -0.3 is 19.3 Å². The molecule has 0 aromatic heterocycles. The van der Waals surface area contributed by atoms with Gasteiger partial charge in [-0.1, -0.05) is 61.7 Å². The van der Waals surface area contributed by atoms with Gasteiger partial charge in [-0.2, -0.15) is 0 Å². The molecule has 2 aromatic carbocycles. The molecule has 0 unspecified atom stereocenters. The molecule has 2 aliphatic heterocycles. The van der Waals surface area contributed by atoms with E-state index in [9.17, 15) is 14.4 Å². The highest BCUT2D eigenvalue weighted by atomic mass is 16.6. The molecule has 4 amide bonds. The number of urea groups is 1. The van der Waals surface area contributed by atoms with Crippen molar-refractivity contribution >= 4 is 29.6 Å². The summed E-state index contributed by atoms with van der Waals surface area (Å²) >= 11 is 0. The Kier molecular flexibility index (Phi) is 6.67. The maximum atomic E-state index is 13.6. The molecule has 1 saturated heterocycles. The van der Waals surface area contributed by atoms with Crippen LogP contribution < -0.4 is 14.4 Å². The van der Waals surface area contributed by atoms with Crippen LogP contribution in [0, 0.1) is 0 Å². The molecule has 0 N–H and O–H groups in total. The summed E-state index contributed by atoms with van der Waals surface area (Å²) in [5.74, 6) is 0.596. The molecule has 0 atom stereocenters. The van der Waals surface area contributed by atoms with Crippen molar-refractivity contribution in [3.8, 4) is 11.5 Å². The second-order valence-electron chi connectivity index (χ2n) is 9.47. The Morgan fingerprint density at radius 2 is 1.72 bits per heavy atom. The molecule has 0 bridgehead atoms. The number of amides is 4. The number of benzene rings is 2. The maximum Gasteiger partial charge on any atom is 0.327 e. The van der Waals surface area contributed by atoms with Crippen molar-refractivity contribution in [2.24, 2.45) is 0 Å². The quantitative estimate of drug-likeness (QED) is 0.571. The van der Waals surface area contributed by atoms with Crippen LogP contribution in [0.25, 0.3) is 6.08 Å². The lowest BCUT2D eigenvalue weighted by Crippen LogP contribution is -2.49. The molecule has 5 rings (SSSR count). The van der Waals surface area contributed by atoms with E-state index < -0.39 is 11.6 Å². The molecule has 2 heterocycles. The summed E-state index contributed by atoms with van der Waals surface area (Å²) < 4.78 is 11.3. The molecule has 1 saturated carbocycles. The third-order valence-electron chi connectivity index (χ3n) is 7.31. The first kappa shape index (κ1) is 23.9.